The summed E-state index contributed by atoms with van der Waals surface area (Å²) in [6.07, 6.45) is 6.30. The van der Waals surface area contributed by atoms with Crippen molar-refractivity contribution >= 4 is 17.9 Å². The van der Waals surface area contributed by atoms with Gasteiger partial charge in [0.05, 0.1) is 12.2 Å². The van der Waals surface area contributed by atoms with Gasteiger partial charge in [-0.05, 0) is 18.2 Å². The number of ether oxygens (including phenoxy) is 1. The van der Waals surface area contributed by atoms with Crippen LogP contribution in [0.2, 0.25) is 5.02 Å². The fraction of sp³-hybridized carbons (Fsp3) is 0.182. The summed E-state index contributed by atoms with van der Waals surface area (Å²) in [5.41, 5.74) is 0.478. The molecule has 1 rings (SSSR count). The van der Waals surface area contributed by atoms with E-state index in [0.717, 1.165) is 6.29 Å². The normalized spacial score (nSPS) is 9.14. The van der Waals surface area contributed by atoms with Gasteiger partial charge >= 0.3 is 0 Å². The molecule has 0 N–H and O–H groups in total. The molecular weight excluding hydrogens is 200 g/mol. The van der Waals surface area contributed by atoms with Gasteiger partial charge in [0.25, 0.3) is 0 Å². The van der Waals surface area contributed by atoms with E-state index in [0.29, 0.717) is 29.4 Å². The third kappa shape index (κ3) is 2.79. The Kier molecular flexibility index (Phi) is 4.03. The van der Waals surface area contributed by atoms with Gasteiger partial charge in [0.15, 0.2) is 6.29 Å². The van der Waals surface area contributed by atoms with Crippen LogP contribution in [0.25, 0.3) is 0 Å². The van der Waals surface area contributed by atoms with Crippen LogP contribution in [0.15, 0.2) is 18.2 Å². The van der Waals surface area contributed by atoms with E-state index in [1.54, 1.807) is 18.2 Å². The summed E-state index contributed by atoms with van der Waals surface area (Å²) in [6.45, 7) is 0.387. The zero-order valence-corrected chi connectivity index (χ0v) is 8.25. The van der Waals surface area contributed by atoms with Crippen molar-refractivity contribution in [2.24, 2.45) is 0 Å². The highest BCUT2D eigenvalue weighted by Crippen LogP contribution is 2.21. The molecule has 72 valence electrons. The molecule has 0 atom stereocenters. The molecule has 0 spiro atoms. The summed E-state index contributed by atoms with van der Waals surface area (Å²) in [6, 6.07) is 4.85. The fourth-order valence-electron chi connectivity index (χ4n) is 0.950. The second kappa shape index (κ2) is 5.31. The van der Waals surface area contributed by atoms with Gasteiger partial charge < -0.3 is 4.74 Å². The Hall–Kier alpha value is -1.46. The van der Waals surface area contributed by atoms with E-state index in [4.69, 9.17) is 22.8 Å². The maximum Gasteiger partial charge on any atom is 0.153 e. The van der Waals surface area contributed by atoms with E-state index in [9.17, 15) is 4.79 Å². The first kappa shape index (κ1) is 10.6. The van der Waals surface area contributed by atoms with Crippen molar-refractivity contribution in [3.8, 4) is 18.1 Å². The Balaban J connectivity index is 2.78. The molecule has 1 aromatic carbocycles. The summed E-state index contributed by atoms with van der Waals surface area (Å²) in [7, 11) is 0. The quantitative estimate of drug-likeness (QED) is 0.432. The first-order chi connectivity index (χ1) is 6.77. The van der Waals surface area contributed by atoms with Crippen LogP contribution in [0.1, 0.15) is 16.8 Å². The van der Waals surface area contributed by atoms with Crippen LogP contribution in [0, 0.1) is 12.3 Å². The molecule has 0 fully saturated rings. The largest absolute Gasteiger partial charge is 0.492 e. The molecule has 1 aromatic rings. The average molecular weight is 209 g/mol. The van der Waals surface area contributed by atoms with Crippen molar-refractivity contribution in [1.29, 1.82) is 0 Å². The topological polar surface area (TPSA) is 26.3 Å². The summed E-state index contributed by atoms with van der Waals surface area (Å²) >= 11 is 5.75. The Morgan fingerprint density at radius 1 is 1.57 bits per heavy atom. The van der Waals surface area contributed by atoms with E-state index in [2.05, 4.69) is 5.92 Å². The van der Waals surface area contributed by atoms with Gasteiger partial charge in [-0.2, -0.15) is 0 Å². The minimum atomic E-state index is 0.387. The second-order valence-corrected chi connectivity index (χ2v) is 3.04. The number of halogens is 1. The van der Waals surface area contributed by atoms with Gasteiger partial charge in [-0.15, -0.1) is 12.3 Å². The molecule has 0 unspecified atom stereocenters. The molecule has 0 aliphatic heterocycles. The molecule has 0 aliphatic carbocycles. The van der Waals surface area contributed by atoms with Crippen molar-refractivity contribution in [2.75, 3.05) is 6.61 Å². The van der Waals surface area contributed by atoms with E-state index in [1.807, 2.05) is 0 Å². The predicted molar refractivity (Wildman–Crippen MR) is 55.8 cm³/mol. The lowest BCUT2D eigenvalue weighted by Gasteiger charge is -2.06. The lowest BCUT2D eigenvalue weighted by molar-refractivity contribution is 0.111. The third-order valence-electron chi connectivity index (χ3n) is 1.61. The minimum absolute atomic E-state index is 0.387. The van der Waals surface area contributed by atoms with Gasteiger partial charge in [0.1, 0.15) is 5.75 Å². The zero-order chi connectivity index (χ0) is 10.4. The van der Waals surface area contributed by atoms with E-state index >= 15 is 0 Å². The fourth-order valence-corrected chi connectivity index (χ4v) is 1.11. The Bertz CT molecular complexity index is 366. The van der Waals surface area contributed by atoms with Gasteiger partial charge in [0, 0.05) is 11.4 Å². The number of carbonyl (C=O) groups excluding carboxylic acids is 1. The highest BCUT2D eigenvalue weighted by Gasteiger charge is 2.02. The molecule has 0 bridgehead atoms. The maximum atomic E-state index is 10.6. The Morgan fingerprint density at radius 2 is 2.36 bits per heavy atom. The first-order valence-corrected chi connectivity index (χ1v) is 4.46. The molecule has 14 heavy (non-hydrogen) atoms. The molecule has 0 saturated carbocycles. The summed E-state index contributed by atoms with van der Waals surface area (Å²) in [4.78, 5) is 10.6. The van der Waals surface area contributed by atoms with Gasteiger partial charge in [0.2, 0.25) is 0 Å². The number of hydrogen-bond acceptors (Lipinski definition) is 2. The highest BCUT2D eigenvalue weighted by atomic mass is 35.5. The van der Waals surface area contributed by atoms with Gasteiger partial charge in [-0.25, -0.2) is 0 Å². The first-order valence-electron chi connectivity index (χ1n) is 4.09. The minimum Gasteiger partial charge on any atom is -0.492 e. The Labute approximate surface area is 87.8 Å². The SMILES string of the molecule is C#CCCOc1cc(Cl)ccc1C=O. The molecule has 0 heterocycles. The molecular formula is C11H9ClO2. The number of hydrogen-bond donors (Lipinski definition) is 0. The van der Waals surface area contributed by atoms with Crippen LogP contribution < -0.4 is 4.74 Å². The van der Waals surface area contributed by atoms with Crippen molar-refractivity contribution in [3.63, 3.8) is 0 Å². The number of terminal acetylenes is 1. The summed E-state index contributed by atoms with van der Waals surface area (Å²) in [5.74, 6) is 2.92. The molecule has 0 amide bonds. The van der Waals surface area contributed by atoms with Crippen LogP contribution in [0.3, 0.4) is 0 Å². The molecule has 0 radical (unpaired) electrons. The van der Waals surface area contributed by atoms with Crippen molar-refractivity contribution in [3.05, 3.63) is 28.8 Å². The molecule has 0 aromatic heterocycles. The van der Waals surface area contributed by atoms with Crippen molar-refractivity contribution in [1.82, 2.24) is 0 Å². The van der Waals surface area contributed by atoms with Crippen LogP contribution in [-0.2, 0) is 0 Å². The van der Waals surface area contributed by atoms with Gasteiger partial charge in [-0.1, -0.05) is 11.6 Å². The van der Waals surface area contributed by atoms with Gasteiger partial charge in [-0.3, -0.25) is 4.79 Å². The molecule has 0 saturated heterocycles. The van der Waals surface area contributed by atoms with Crippen LogP contribution in [-0.4, -0.2) is 12.9 Å². The second-order valence-electron chi connectivity index (χ2n) is 2.60. The lowest BCUT2D eigenvalue weighted by atomic mass is 10.2. The predicted octanol–water partition coefficient (Wildman–Crippen LogP) is 2.55. The van der Waals surface area contributed by atoms with Crippen molar-refractivity contribution in [2.45, 2.75) is 6.42 Å². The lowest BCUT2D eigenvalue weighted by Crippen LogP contribution is -1.98. The van der Waals surface area contributed by atoms with Crippen LogP contribution >= 0.6 is 11.6 Å². The Morgan fingerprint density at radius 3 is 3.00 bits per heavy atom. The number of aldehydes is 1. The standard InChI is InChI=1S/C11H9ClO2/c1-2-3-6-14-11-7-10(12)5-4-9(11)8-13/h1,4-5,7-8H,3,6H2. The number of carbonyl (C=O) groups is 1. The molecule has 3 heteroatoms. The van der Waals surface area contributed by atoms with E-state index < -0.39 is 0 Å². The number of benzene rings is 1. The average Bonchev–Trinajstić information content (AvgIpc) is 2.19. The summed E-state index contributed by atoms with van der Waals surface area (Å²) < 4.78 is 5.29. The number of rotatable bonds is 4. The molecule has 0 aliphatic rings. The highest BCUT2D eigenvalue weighted by molar-refractivity contribution is 6.30. The van der Waals surface area contributed by atoms with Crippen molar-refractivity contribution < 1.29 is 9.53 Å². The van der Waals surface area contributed by atoms with E-state index in [-0.39, 0.29) is 0 Å². The van der Waals surface area contributed by atoms with Crippen LogP contribution in [0.4, 0.5) is 0 Å². The summed E-state index contributed by atoms with van der Waals surface area (Å²) in [5, 5.41) is 0.534. The smallest absolute Gasteiger partial charge is 0.153 e. The maximum absolute atomic E-state index is 10.6. The third-order valence-corrected chi connectivity index (χ3v) is 1.84. The molecule has 2 nitrogen and oxygen atoms in total. The van der Waals surface area contributed by atoms with Crippen LogP contribution in [0.5, 0.6) is 5.75 Å². The zero-order valence-electron chi connectivity index (χ0n) is 7.50. The van der Waals surface area contributed by atoms with E-state index in [1.165, 1.54) is 0 Å². The monoisotopic (exact) mass is 208 g/mol.